The maximum Gasteiger partial charge on any atom is 0.322 e. The van der Waals surface area contributed by atoms with E-state index in [1.165, 1.54) is 13.0 Å². The third-order valence-electron chi connectivity index (χ3n) is 2.65. The third kappa shape index (κ3) is 3.74. The summed E-state index contributed by atoms with van der Waals surface area (Å²) in [6.45, 7) is 4.68. The molecular weight excluding hydrogens is 273 g/mol. The second-order valence-electron chi connectivity index (χ2n) is 4.59. The molecule has 0 radical (unpaired) electrons. The number of aliphatic carboxylic acids is 1. The number of nitrogens with one attached hydrogen (secondary N) is 1. The first-order valence-corrected chi connectivity index (χ1v) is 7.14. The highest BCUT2D eigenvalue weighted by molar-refractivity contribution is 7.89. The van der Waals surface area contributed by atoms with Gasteiger partial charge >= 0.3 is 5.97 Å². The lowest BCUT2D eigenvalue weighted by molar-refractivity contribution is -0.140. The molecule has 1 aromatic rings. The van der Waals surface area contributed by atoms with Gasteiger partial charge in [0, 0.05) is 0 Å². The molecule has 0 amide bonds. The Bertz CT molecular complexity index is 583. The van der Waals surface area contributed by atoms with Crippen LogP contribution in [0, 0.1) is 18.7 Å². The topological polar surface area (TPSA) is 83.5 Å². The minimum atomic E-state index is -4.07. The summed E-state index contributed by atoms with van der Waals surface area (Å²) in [5, 5.41) is 8.98. The van der Waals surface area contributed by atoms with Crippen molar-refractivity contribution < 1.29 is 22.7 Å². The number of rotatable bonds is 5. The van der Waals surface area contributed by atoms with Gasteiger partial charge in [0.15, 0.2) is 0 Å². The summed E-state index contributed by atoms with van der Waals surface area (Å²) in [6, 6.07) is 2.09. The summed E-state index contributed by atoms with van der Waals surface area (Å²) < 4.78 is 39.4. The molecule has 7 heteroatoms. The van der Waals surface area contributed by atoms with Crippen molar-refractivity contribution in [1.29, 1.82) is 0 Å². The smallest absolute Gasteiger partial charge is 0.322 e. The zero-order valence-electron chi connectivity index (χ0n) is 10.8. The number of benzene rings is 1. The van der Waals surface area contributed by atoms with Crippen molar-refractivity contribution >= 4 is 16.0 Å². The summed E-state index contributed by atoms with van der Waals surface area (Å²) in [4.78, 5) is 10.8. The van der Waals surface area contributed by atoms with Gasteiger partial charge in [-0.05, 0) is 30.5 Å². The highest BCUT2D eigenvalue weighted by atomic mass is 32.2. The van der Waals surface area contributed by atoms with E-state index in [4.69, 9.17) is 5.11 Å². The maximum absolute atomic E-state index is 13.1. The number of carboxylic acids is 1. The molecule has 1 unspecified atom stereocenters. The van der Waals surface area contributed by atoms with Crippen molar-refractivity contribution in [2.75, 3.05) is 0 Å². The van der Waals surface area contributed by atoms with Crippen LogP contribution in [0.5, 0.6) is 0 Å². The molecule has 19 heavy (non-hydrogen) atoms. The molecule has 0 aliphatic heterocycles. The molecule has 0 saturated heterocycles. The first-order valence-electron chi connectivity index (χ1n) is 5.66. The Balaban J connectivity index is 3.17. The van der Waals surface area contributed by atoms with Crippen molar-refractivity contribution in [3.63, 3.8) is 0 Å². The van der Waals surface area contributed by atoms with Gasteiger partial charge in [0.05, 0.1) is 4.90 Å². The predicted molar refractivity (Wildman–Crippen MR) is 67.7 cm³/mol. The zero-order chi connectivity index (χ0) is 14.8. The third-order valence-corrected chi connectivity index (χ3v) is 4.24. The molecule has 1 atom stereocenters. The molecule has 1 rings (SSSR count). The van der Waals surface area contributed by atoms with E-state index in [0.717, 1.165) is 12.1 Å². The fourth-order valence-corrected chi connectivity index (χ4v) is 3.16. The van der Waals surface area contributed by atoms with E-state index < -0.39 is 33.8 Å². The van der Waals surface area contributed by atoms with Crippen LogP contribution in [-0.2, 0) is 14.8 Å². The van der Waals surface area contributed by atoms with E-state index in [-0.39, 0.29) is 4.90 Å². The maximum atomic E-state index is 13.1. The van der Waals surface area contributed by atoms with Crippen LogP contribution in [0.2, 0.25) is 0 Å². The Morgan fingerprint density at radius 3 is 2.42 bits per heavy atom. The average Bonchev–Trinajstić information content (AvgIpc) is 2.28. The Hall–Kier alpha value is -1.47. The summed E-state index contributed by atoms with van der Waals surface area (Å²) in [7, 11) is -4.07. The summed E-state index contributed by atoms with van der Waals surface area (Å²) in [5.41, 5.74) is 0.349. The van der Waals surface area contributed by atoms with Gasteiger partial charge in [0.1, 0.15) is 11.9 Å². The molecule has 0 spiro atoms. The number of halogens is 1. The Labute approximate surface area is 111 Å². The fraction of sp³-hybridized carbons (Fsp3) is 0.417. The van der Waals surface area contributed by atoms with Gasteiger partial charge in [-0.1, -0.05) is 19.9 Å². The minimum absolute atomic E-state index is 0.251. The quantitative estimate of drug-likeness (QED) is 0.861. The number of carbonyl (C=O) groups is 1. The molecule has 1 aromatic carbocycles. The number of hydrogen-bond donors (Lipinski definition) is 2. The Morgan fingerprint density at radius 1 is 1.37 bits per heavy atom. The van der Waals surface area contributed by atoms with Crippen LogP contribution in [-0.4, -0.2) is 25.5 Å². The van der Waals surface area contributed by atoms with Crippen LogP contribution in [0.15, 0.2) is 23.1 Å². The van der Waals surface area contributed by atoms with Crippen LogP contribution in [0.25, 0.3) is 0 Å². The normalized spacial score (nSPS) is 13.5. The van der Waals surface area contributed by atoms with Crippen LogP contribution in [0.1, 0.15) is 19.4 Å². The highest BCUT2D eigenvalue weighted by Crippen LogP contribution is 2.17. The lowest BCUT2D eigenvalue weighted by Crippen LogP contribution is -2.44. The van der Waals surface area contributed by atoms with E-state index >= 15 is 0 Å². The van der Waals surface area contributed by atoms with E-state index in [2.05, 4.69) is 4.72 Å². The molecule has 0 aliphatic carbocycles. The second-order valence-corrected chi connectivity index (χ2v) is 6.27. The van der Waals surface area contributed by atoms with Gasteiger partial charge in [0.25, 0.3) is 0 Å². The summed E-state index contributed by atoms with van der Waals surface area (Å²) in [5.74, 6) is -2.39. The molecule has 0 aromatic heterocycles. The van der Waals surface area contributed by atoms with E-state index in [9.17, 15) is 17.6 Å². The molecule has 106 valence electrons. The van der Waals surface area contributed by atoms with Crippen molar-refractivity contribution in [3.05, 3.63) is 29.6 Å². The molecule has 5 nitrogen and oxygen atoms in total. The monoisotopic (exact) mass is 289 g/mol. The largest absolute Gasteiger partial charge is 0.480 e. The predicted octanol–water partition coefficient (Wildman–Crippen LogP) is 1.52. The first-order chi connectivity index (χ1) is 8.65. The molecule has 0 bridgehead atoms. The lowest BCUT2D eigenvalue weighted by atomic mass is 10.1. The Kier molecular flexibility index (Phi) is 4.65. The average molecular weight is 289 g/mol. The molecular formula is C12H16FNO4S. The van der Waals surface area contributed by atoms with Crippen molar-refractivity contribution in [3.8, 4) is 0 Å². The summed E-state index contributed by atoms with van der Waals surface area (Å²) >= 11 is 0. The SMILES string of the molecule is Cc1ccc(F)cc1S(=O)(=O)NC(C(=O)O)C(C)C. The van der Waals surface area contributed by atoms with Crippen molar-refractivity contribution in [1.82, 2.24) is 4.72 Å². The van der Waals surface area contributed by atoms with E-state index in [1.807, 2.05) is 0 Å². The van der Waals surface area contributed by atoms with Crippen molar-refractivity contribution in [2.45, 2.75) is 31.7 Å². The number of sulfonamides is 1. The van der Waals surface area contributed by atoms with Crippen LogP contribution < -0.4 is 4.72 Å². The lowest BCUT2D eigenvalue weighted by Gasteiger charge is -2.18. The molecule has 0 saturated carbocycles. The van der Waals surface area contributed by atoms with Crippen LogP contribution >= 0.6 is 0 Å². The standard InChI is InChI=1S/C12H16FNO4S/c1-7(2)11(12(15)16)14-19(17,18)10-6-9(13)5-4-8(10)3/h4-7,11,14H,1-3H3,(H,15,16). The van der Waals surface area contributed by atoms with Gasteiger partial charge in [0.2, 0.25) is 10.0 Å². The zero-order valence-corrected chi connectivity index (χ0v) is 11.7. The summed E-state index contributed by atoms with van der Waals surface area (Å²) in [6.07, 6.45) is 0. The van der Waals surface area contributed by atoms with E-state index in [0.29, 0.717) is 5.56 Å². The Morgan fingerprint density at radius 2 is 1.95 bits per heavy atom. The molecule has 0 heterocycles. The van der Waals surface area contributed by atoms with Gasteiger partial charge in [-0.25, -0.2) is 12.8 Å². The number of aryl methyl sites for hydroxylation is 1. The van der Waals surface area contributed by atoms with Crippen LogP contribution in [0.4, 0.5) is 4.39 Å². The van der Waals surface area contributed by atoms with E-state index in [1.54, 1.807) is 13.8 Å². The van der Waals surface area contributed by atoms with Crippen molar-refractivity contribution in [2.24, 2.45) is 5.92 Å². The molecule has 0 fully saturated rings. The molecule has 0 aliphatic rings. The van der Waals surface area contributed by atoms with Gasteiger partial charge in [-0.15, -0.1) is 0 Å². The number of carboxylic acid groups (broad SMARTS) is 1. The first kappa shape index (κ1) is 15.6. The number of hydrogen-bond acceptors (Lipinski definition) is 3. The minimum Gasteiger partial charge on any atom is -0.480 e. The second kappa shape index (κ2) is 5.66. The molecule has 2 N–H and O–H groups in total. The van der Waals surface area contributed by atoms with Gasteiger partial charge < -0.3 is 5.11 Å². The highest BCUT2D eigenvalue weighted by Gasteiger charge is 2.28. The van der Waals surface area contributed by atoms with Gasteiger partial charge in [-0.3, -0.25) is 4.79 Å². The van der Waals surface area contributed by atoms with Gasteiger partial charge in [-0.2, -0.15) is 4.72 Å². The van der Waals surface area contributed by atoms with Crippen LogP contribution in [0.3, 0.4) is 0 Å². The fourth-order valence-electron chi connectivity index (χ4n) is 1.57.